The monoisotopic (exact) mass is 379 g/mol. The summed E-state index contributed by atoms with van der Waals surface area (Å²) in [5.41, 5.74) is -0.702. The number of benzene rings is 2. The van der Waals surface area contributed by atoms with E-state index in [0.717, 1.165) is 5.56 Å². The van der Waals surface area contributed by atoms with Gasteiger partial charge in [0.2, 0.25) is 10.0 Å². The number of para-hydroxylation sites is 1. The largest absolute Gasteiger partial charge is 0.486 e. The highest BCUT2D eigenvalue weighted by Gasteiger charge is 2.35. The molecule has 0 saturated heterocycles. The highest BCUT2D eigenvalue weighted by atomic mass is 32.2. The third-order valence-corrected chi connectivity index (χ3v) is 5.84. The number of ether oxygens (including phenoxy) is 1. The van der Waals surface area contributed by atoms with Gasteiger partial charge in [-0.2, -0.15) is 0 Å². The minimum atomic E-state index is -3.89. The van der Waals surface area contributed by atoms with E-state index >= 15 is 0 Å². The van der Waals surface area contributed by atoms with Crippen LogP contribution in [0.3, 0.4) is 0 Å². The van der Waals surface area contributed by atoms with Crippen LogP contribution in [0, 0.1) is 5.82 Å². The summed E-state index contributed by atoms with van der Waals surface area (Å²) >= 11 is 0. The summed E-state index contributed by atoms with van der Waals surface area (Å²) in [4.78, 5) is 0.0514. The lowest BCUT2D eigenvalue weighted by Crippen LogP contribution is -2.38. The molecule has 0 radical (unpaired) electrons. The number of rotatable bonds is 5. The number of fused-ring (bicyclic) bond motifs is 1. The van der Waals surface area contributed by atoms with Crippen LogP contribution >= 0.6 is 0 Å². The maximum Gasteiger partial charge on any atom is 0.244 e. The van der Waals surface area contributed by atoms with Crippen LogP contribution in [0.25, 0.3) is 0 Å². The molecule has 26 heavy (non-hydrogen) atoms. The fourth-order valence-electron chi connectivity index (χ4n) is 3.02. The van der Waals surface area contributed by atoms with E-state index < -0.39 is 27.0 Å². The van der Waals surface area contributed by atoms with Crippen molar-refractivity contribution in [2.75, 3.05) is 6.54 Å². The molecule has 1 aliphatic rings. The zero-order valence-corrected chi connectivity index (χ0v) is 15.7. The summed E-state index contributed by atoms with van der Waals surface area (Å²) < 4.78 is 46.9. The van der Waals surface area contributed by atoms with Crippen LogP contribution in [-0.4, -0.2) is 25.7 Å². The Morgan fingerprint density at radius 1 is 1.23 bits per heavy atom. The number of aliphatic hydroxyl groups is 1. The van der Waals surface area contributed by atoms with Crippen LogP contribution in [0.1, 0.15) is 31.9 Å². The van der Waals surface area contributed by atoms with Crippen molar-refractivity contribution in [3.63, 3.8) is 0 Å². The second-order valence-corrected chi connectivity index (χ2v) is 9.12. The lowest BCUT2D eigenvalue weighted by atomic mass is 9.96. The van der Waals surface area contributed by atoms with Gasteiger partial charge in [0.05, 0.1) is 0 Å². The molecule has 140 valence electrons. The SMILES string of the molecule is CC1(C)Cc2cccc(S(=O)(=O)NC[C@](C)(O)c3ccc(F)cc3)c2O1. The van der Waals surface area contributed by atoms with Crippen molar-refractivity contribution >= 4 is 10.0 Å². The van der Waals surface area contributed by atoms with Gasteiger partial charge in [0, 0.05) is 13.0 Å². The number of nitrogens with one attached hydrogen (secondary N) is 1. The zero-order chi connectivity index (χ0) is 19.2. The van der Waals surface area contributed by atoms with E-state index in [1.54, 1.807) is 6.07 Å². The molecule has 2 aromatic carbocycles. The number of hydrogen-bond acceptors (Lipinski definition) is 4. The third-order valence-electron chi connectivity index (χ3n) is 4.42. The summed E-state index contributed by atoms with van der Waals surface area (Å²) in [7, 11) is -3.89. The Bertz CT molecular complexity index is 921. The summed E-state index contributed by atoms with van der Waals surface area (Å²) in [5.74, 6) is -0.0730. The van der Waals surface area contributed by atoms with E-state index in [-0.39, 0.29) is 11.4 Å². The predicted molar refractivity (Wildman–Crippen MR) is 96.0 cm³/mol. The second kappa shape index (κ2) is 6.33. The van der Waals surface area contributed by atoms with Crippen molar-refractivity contribution in [2.24, 2.45) is 0 Å². The molecule has 2 aromatic rings. The maximum absolute atomic E-state index is 13.1. The molecule has 1 atom stereocenters. The van der Waals surface area contributed by atoms with Gasteiger partial charge in [-0.3, -0.25) is 0 Å². The van der Waals surface area contributed by atoms with Gasteiger partial charge in [-0.1, -0.05) is 24.3 Å². The van der Waals surface area contributed by atoms with Crippen molar-refractivity contribution in [1.82, 2.24) is 4.72 Å². The normalized spacial score (nSPS) is 18.0. The highest BCUT2D eigenvalue weighted by Crippen LogP contribution is 2.39. The van der Waals surface area contributed by atoms with Gasteiger partial charge in [0.25, 0.3) is 0 Å². The van der Waals surface area contributed by atoms with Gasteiger partial charge in [0.15, 0.2) is 0 Å². The Hall–Kier alpha value is -1.96. The Balaban J connectivity index is 1.83. The molecule has 0 fully saturated rings. The molecule has 0 bridgehead atoms. The molecule has 0 spiro atoms. The Kier molecular flexibility index (Phi) is 4.58. The highest BCUT2D eigenvalue weighted by molar-refractivity contribution is 7.89. The minimum Gasteiger partial charge on any atom is -0.486 e. The standard InChI is InChI=1S/C19H22FNO4S/c1-18(2)11-13-5-4-6-16(17(13)25-18)26(23,24)21-12-19(3,22)14-7-9-15(20)10-8-14/h4-10,21-22H,11-12H2,1-3H3/t19-/m0/s1. The smallest absolute Gasteiger partial charge is 0.244 e. The first-order chi connectivity index (χ1) is 12.0. The number of hydrogen-bond donors (Lipinski definition) is 2. The summed E-state index contributed by atoms with van der Waals surface area (Å²) in [6.45, 7) is 5.01. The average Bonchev–Trinajstić information content (AvgIpc) is 2.87. The Labute approximate surface area is 152 Å². The summed E-state index contributed by atoms with van der Waals surface area (Å²) in [5, 5.41) is 10.6. The Morgan fingerprint density at radius 3 is 2.54 bits per heavy atom. The van der Waals surface area contributed by atoms with Crippen LogP contribution in [-0.2, 0) is 22.0 Å². The van der Waals surface area contributed by atoms with Crippen LogP contribution in [0.4, 0.5) is 4.39 Å². The molecule has 1 heterocycles. The molecule has 0 amide bonds. The molecular weight excluding hydrogens is 357 g/mol. The molecule has 1 aliphatic heterocycles. The van der Waals surface area contributed by atoms with Gasteiger partial charge in [-0.15, -0.1) is 0 Å². The van der Waals surface area contributed by atoms with E-state index in [1.165, 1.54) is 37.3 Å². The molecule has 0 aliphatic carbocycles. The second-order valence-electron chi connectivity index (χ2n) is 7.39. The first kappa shape index (κ1) is 18.8. The van der Waals surface area contributed by atoms with E-state index in [0.29, 0.717) is 17.7 Å². The van der Waals surface area contributed by atoms with Crippen molar-refractivity contribution in [3.05, 3.63) is 59.4 Å². The van der Waals surface area contributed by atoms with E-state index in [2.05, 4.69) is 4.72 Å². The van der Waals surface area contributed by atoms with Crippen LogP contribution in [0.2, 0.25) is 0 Å². The topological polar surface area (TPSA) is 75.6 Å². The molecule has 2 N–H and O–H groups in total. The summed E-state index contributed by atoms with van der Waals surface area (Å²) in [6.07, 6.45) is 0.624. The first-order valence-electron chi connectivity index (χ1n) is 8.29. The van der Waals surface area contributed by atoms with Crippen LogP contribution < -0.4 is 9.46 Å². The van der Waals surface area contributed by atoms with Crippen molar-refractivity contribution in [3.8, 4) is 5.75 Å². The first-order valence-corrected chi connectivity index (χ1v) is 9.78. The van der Waals surface area contributed by atoms with Gasteiger partial charge >= 0.3 is 0 Å². The molecule has 0 saturated carbocycles. The summed E-state index contributed by atoms with van der Waals surface area (Å²) in [6, 6.07) is 10.3. The molecule has 7 heteroatoms. The van der Waals surface area contributed by atoms with E-state index in [9.17, 15) is 17.9 Å². The minimum absolute atomic E-state index is 0.0514. The maximum atomic E-state index is 13.1. The lowest BCUT2D eigenvalue weighted by molar-refractivity contribution is 0.0626. The molecule has 0 unspecified atom stereocenters. The lowest BCUT2D eigenvalue weighted by Gasteiger charge is -2.24. The number of halogens is 1. The molecular formula is C19H22FNO4S. The van der Waals surface area contributed by atoms with Crippen molar-refractivity contribution < 1.29 is 22.7 Å². The zero-order valence-electron chi connectivity index (χ0n) is 14.9. The fraction of sp³-hybridized carbons (Fsp3) is 0.368. The molecule has 3 rings (SSSR count). The van der Waals surface area contributed by atoms with Gasteiger partial charge in [-0.25, -0.2) is 17.5 Å². The van der Waals surface area contributed by atoms with Crippen molar-refractivity contribution in [2.45, 2.75) is 43.3 Å². The average molecular weight is 379 g/mol. The predicted octanol–water partition coefficient (Wildman–Crippen LogP) is 2.73. The van der Waals surface area contributed by atoms with Gasteiger partial charge < -0.3 is 9.84 Å². The Morgan fingerprint density at radius 2 is 1.88 bits per heavy atom. The van der Waals surface area contributed by atoms with Gasteiger partial charge in [0.1, 0.15) is 27.7 Å². The number of sulfonamides is 1. The van der Waals surface area contributed by atoms with Gasteiger partial charge in [-0.05, 0) is 50.1 Å². The quantitative estimate of drug-likeness (QED) is 0.838. The van der Waals surface area contributed by atoms with Crippen LogP contribution in [0.5, 0.6) is 5.75 Å². The molecule has 0 aromatic heterocycles. The van der Waals surface area contributed by atoms with E-state index in [4.69, 9.17) is 4.74 Å². The van der Waals surface area contributed by atoms with Crippen LogP contribution in [0.15, 0.2) is 47.4 Å². The fourth-order valence-corrected chi connectivity index (χ4v) is 4.32. The molecule has 5 nitrogen and oxygen atoms in total. The van der Waals surface area contributed by atoms with Crippen molar-refractivity contribution in [1.29, 1.82) is 0 Å². The van der Waals surface area contributed by atoms with E-state index in [1.807, 2.05) is 19.9 Å². The third kappa shape index (κ3) is 3.75.